The van der Waals surface area contributed by atoms with Crippen molar-refractivity contribution in [3.05, 3.63) is 18.1 Å². The Hall–Kier alpha value is -1.70. The van der Waals surface area contributed by atoms with Gasteiger partial charge in [0.05, 0.1) is 18.4 Å². The van der Waals surface area contributed by atoms with E-state index in [2.05, 4.69) is 15.3 Å². The minimum Gasteiger partial charge on any atom is -0.363 e. The molecule has 0 fully saturated rings. The minimum absolute atomic E-state index is 0.247. The number of aromatic nitrogens is 2. The van der Waals surface area contributed by atoms with E-state index in [9.17, 15) is 4.39 Å². The van der Waals surface area contributed by atoms with E-state index in [4.69, 9.17) is 5.26 Å². The molecule has 0 aliphatic carbocycles. The maximum absolute atomic E-state index is 12.8. The van der Waals surface area contributed by atoms with Crippen LogP contribution >= 0.6 is 0 Å². The zero-order valence-corrected chi connectivity index (χ0v) is 8.03. The zero-order chi connectivity index (χ0) is 10.6. The molecule has 0 amide bonds. The topological polar surface area (TPSA) is 61.6 Å². The van der Waals surface area contributed by atoms with Gasteiger partial charge in [0, 0.05) is 0 Å². The summed E-state index contributed by atoms with van der Waals surface area (Å²) in [7, 11) is 0. The van der Waals surface area contributed by atoms with Crippen molar-refractivity contribution in [3.8, 4) is 6.07 Å². The number of halogens is 1. The Bertz CT molecular complexity index is 328. The van der Waals surface area contributed by atoms with E-state index in [-0.39, 0.29) is 11.7 Å². The number of hydrogen-bond donors (Lipinski definition) is 1. The normalized spacial score (nSPS) is 14.1. The highest BCUT2D eigenvalue weighted by Gasteiger charge is 2.10. The fourth-order valence-corrected chi connectivity index (χ4v) is 0.808. The van der Waals surface area contributed by atoms with Crippen LogP contribution in [0.15, 0.2) is 12.4 Å². The molecule has 4 nitrogen and oxygen atoms in total. The molecule has 74 valence electrons. The average Bonchev–Trinajstić information content (AvgIpc) is 2.19. The van der Waals surface area contributed by atoms with Gasteiger partial charge in [0.2, 0.25) is 0 Å². The van der Waals surface area contributed by atoms with Crippen LogP contribution in [0.2, 0.25) is 0 Å². The average molecular weight is 194 g/mol. The van der Waals surface area contributed by atoms with Crippen LogP contribution in [-0.4, -0.2) is 22.2 Å². The van der Waals surface area contributed by atoms with Crippen molar-refractivity contribution < 1.29 is 4.39 Å². The molecular formula is C9H11FN4. The van der Waals surface area contributed by atoms with Gasteiger partial charge in [0.1, 0.15) is 18.1 Å². The first kappa shape index (κ1) is 10.4. The van der Waals surface area contributed by atoms with Crippen LogP contribution in [-0.2, 0) is 0 Å². The Labute approximate surface area is 81.8 Å². The molecule has 1 unspecified atom stereocenters. The lowest BCUT2D eigenvalue weighted by molar-refractivity contribution is 0.329. The minimum atomic E-state index is -0.965. The van der Waals surface area contributed by atoms with E-state index in [1.54, 1.807) is 6.92 Å². The van der Waals surface area contributed by atoms with Gasteiger partial charge in [-0.2, -0.15) is 5.26 Å². The molecular weight excluding hydrogens is 183 g/mol. The summed E-state index contributed by atoms with van der Waals surface area (Å²) in [6.07, 6.45) is 1.79. The van der Waals surface area contributed by atoms with Gasteiger partial charge in [-0.1, -0.05) is 0 Å². The number of nitrogens with zero attached hydrogens (tertiary/aromatic N) is 3. The van der Waals surface area contributed by atoms with Crippen molar-refractivity contribution in [1.82, 2.24) is 9.97 Å². The predicted molar refractivity (Wildman–Crippen MR) is 50.4 cm³/mol. The highest BCUT2D eigenvalue weighted by molar-refractivity contribution is 5.34. The number of nitriles is 1. The third kappa shape index (κ3) is 2.66. The number of rotatable bonds is 3. The molecule has 14 heavy (non-hydrogen) atoms. The molecule has 0 aliphatic heterocycles. The first-order chi connectivity index (χ1) is 6.63. The van der Waals surface area contributed by atoms with Crippen LogP contribution in [0.5, 0.6) is 0 Å². The van der Waals surface area contributed by atoms with E-state index in [0.29, 0.717) is 5.82 Å². The number of hydrogen-bond acceptors (Lipinski definition) is 4. The Morgan fingerprint density at radius 2 is 2.14 bits per heavy atom. The summed E-state index contributed by atoms with van der Waals surface area (Å²) in [5.74, 6) is 0.473. The fraction of sp³-hybridized carbons (Fsp3) is 0.444. The molecule has 1 aromatic rings. The molecule has 0 aromatic carbocycles. The third-order valence-electron chi connectivity index (χ3n) is 1.83. The second kappa shape index (κ2) is 4.51. The maximum Gasteiger partial charge on any atom is 0.158 e. The van der Waals surface area contributed by atoms with Gasteiger partial charge < -0.3 is 5.32 Å². The SMILES string of the molecule is CC(F)[C@@H](C)Nc1cnc(C#N)cn1. The molecule has 1 N–H and O–H groups in total. The quantitative estimate of drug-likeness (QED) is 0.792. The van der Waals surface area contributed by atoms with Gasteiger partial charge in [-0.3, -0.25) is 0 Å². The molecule has 5 heteroatoms. The molecule has 0 spiro atoms. The maximum atomic E-state index is 12.8. The monoisotopic (exact) mass is 194 g/mol. The molecule has 1 aromatic heterocycles. The van der Waals surface area contributed by atoms with Crippen LogP contribution in [0, 0.1) is 11.3 Å². The van der Waals surface area contributed by atoms with Crippen molar-refractivity contribution in [2.75, 3.05) is 5.32 Å². The van der Waals surface area contributed by atoms with Crippen molar-refractivity contribution in [1.29, 1.82) is 5.26 Å². The van der Waals surface area contributed by atoms with Crippen LogP contribution in [0.1, 0.15) is 19.5 Å². The van der Waals surface area contributed by atoms with E-state index < -0.39 is 6.17 Å². The molecule has 1 heterocycles. The molecule has 0 saturated heterocycles. The molecule has 0 aliphatic rings. The Morgan fingerprint density at radius 1 is 1.43 bits per heavy atom. The molecule has 1 rings (SSSR count). The smallest absolute Gasteiger partial charge is 0.158 e. The summed E-state index contributed by atoms with van der Waals surface area (Å²) in [5, 5.41) is 11.3. The van der Waals surface area contributed by atoms with Crippen molar-refractivity contribution in [2.24, 2.45) is 0 Å². The molecule has 0 saturated carbocycles. The second-order valence-corrected chi connectivity index (χ2v) is 3.01. The van der Waals surface area contributed by atoms with E-state index >= 15 is 0 Å². The van der Waals surface area contributed by atoms with Gasteiger partial charge in [-0.15, -0.1) is 0 Å². The lowest BCUT2D eigenvalue weighted by atomic mass is 10.2. The van der Waals surface area contributed by atoms with Crippen LogP contribution in [0.3, 0.4) is 0 Å². The summed E-state index contributed by atoms with van der Waals surface area (Å²) < 4.78 is 12.8. The van der Waals surface area contributed by atoms with E-state index in [0.717, 1.165) is 0 Å². The number of alkyl halides is 1. The second-order valence-electron chi connectivity index (χ2n) is 3.01. The van der Waals surface area contributed by atoms with Gasteiger partial charge in [-0.05, 0) is 13.8 Å². The predicted octanol–water partition coefficient (Wildman–Crippen LogP) is 1.51. The fourth-order valence-electron chi connectivity index (χ4n) is 0.808. The summed E-state index contributed by atoms with van der Waals surface area (Å²) in [4.78, 5) is 7.71. The van der Waals surface area contributed by atoms with Crippen molar-refractivity contribution >= 4 is 5.82 Å². The molecule has 0 radical (unpaired) electrons. The van der Waals surface area contributed by atoms with Crippen LogP contribution < -0.4 is 5.32 Å². The van der Waals surface area contributed by atoms with E-state index in [1.807, 2.05) is 6.07 Å². The number of nitrogens with one attached hydrogen (secondary N) is 1. The zero-order valence-electron chi connectivity index (χ0n) is 8.03. The Kier molecular flexibility index (Phi) is 3.35. The molecule has 0 bridgehead atoms. The molecule has 2 atom stereocenters. The lowest BCUT2D eigenvalue weighted by Gasteiger charge is -2.14. The first-order valence-corrected chi connectivity index (χ1v) is 4.26. The van der Waals surface area contributed by atoms with Gasteiger partial charge in [0.15, 0.2) is 5.69 Å². The van der Waals surface area contributed by atoms with Crippen molar-refractivity contribution in [3.63, 3.8) is 0 Å². The highest BCUT2D eigenvalue weighted by atomic mass is 19.1. The lowest BCUT2D eigenvalue weighted by Crippen LogP contribution is -2.25. The van der Waals surface area contributed by atoms with Crippen LogP contribution in [0.4, 0.5) is 10.2 Å². The van der Waals surface area contributed by atoms with Gasteiger partial charge >= 0.3 is 0 Å². The van der Waals surface area contributed by atoms with Gasteiger partial charge in [-0.25, -0.2) is 14.4 Å². The third-order valence-corrected chi connectivity index (χ3v) is 1.83. The first-order valence-electron chi connectivity index (χ1n) is 4.26. The summed E-state index contributed by atoms with van der Waals surface area (Å²) >= 11 is 0. The Balaban J connectivity index is 2.65. The summed E-state index contributed by atoms with van der Waals surface area (Å²) in [6.45, 7) is 3.18. The number of anilines is 1. The highest BCUT2D eigenvalue weighted by Crippen LogP contribution is 2.06. The summed E-state index contributed by atoms with van der Waals surface area (Å²) in [6, 6.07) is 1.53. The van der Waals surface area contributed by atoms with E-state index in [1.165, 1.54) is 19.3 Å². The van der Waals surface area contributed by atoms with Crippen molar-refractivity contribution in [2.45, 2.75) is 26.1 Å². The standard InChI is InChI=1S/C9H11FN4/c1-6(10)7(2)14-9-5-12-8(3-11)4-13-9/h4-7H,1-2H3,(H,13,14)/t6?,7-/m1/s1. The summed E-state index contributed by atoms with van der Waals surface area (Å²) in [5.41, 5.74) is 0.247. The van der Waals surface area contributed by atoms with Gasteiger partial charge in [0.25, 0.3) is 0 Å². The largest absolute Gasteiger partial charge is 0.363 e. The Morgan fingerprint density at radius 3 is 2.57 bits per heavy atom. The van der Waals surface area contributed by atoms with Crippen LogP contribution in [0.25, 0.3) is 0 Å².